The minimum Gasteiger partial charge on any atom is -0.467 e. The maximum absolute atomic E-state index is 13.4. The molecule has 0 aliphatic heterocycles. The Labute approximate surface area is 186 Å². The Bertz CT molecular complexity index is 1190. The number of nitrogens with one attached hydrogen (secondary N) is 1. The molecule has 1 N–H and O–H groups in total. The average Bonchev–Trinajstić information content (AvgIpc) is 3.43. The van der Waals surface area contributed by atoms with Gasteiger partial charge in [0.2, 0.25) is 5.91 Å². The van der Waals surface area contributed by atoms with Crippen LogP contribution in [0.25, 0.3) is 11.2 Å². The molecule has 9 nitrogen and oxygen atoms in total. The lowest BCUT2D eigenvalue weighted by atomic mass is 9.86. The Balaban J connectivity index is 1.71. The van der Waals surface area contributed by atoms with Crippen LogP contribution in [-0.4, -0.2) is 30.6 Å². The summed E-state index contributed by atoms with van der Waals surface area (Å²) in [5, 5.41) is 3.04. The summed E-state index contributed by atoms with van der Waals surface area (Å²) in [5.41, 5.74) is -0.354. The number of carbonyl (C=O) groups excluding carboxylic acids is 1. The Morgan fingerprint density at radius 1 is 1.25 bits per heavy atom. The van der Waals surface area contributed by atoms with Crippen molar-refractivity contribution < 1.29 is 9.21 Å². The van der Waals surface area contributed by atoms with Gasteiger partial charge in [-0.05, 0) is 37.3 Å². The number of unbranched alkanes of at least 4 members (excludes halogenated alkanes) is 1. The summed E-state index contributed by atoms with van der Waals surface area (Å²) in [7, 11) is 0. The minimum absolute atomic E-state index is 0.0856. The highest BCUT2D eigenvalue weighted by molar-refractivity contribution is 5.77. The molecule has 3 aromatic heterocycles. The third-order valence-electron chi connectivity index (χ3n) is 6.38. The van der Waals surface area contributed by atoms with Crippen LogP contribution in [0.15, 0.2) is 38.7 Å². The molecule has 0 radical (unpaired) electrons. The second-order valence-electron chi connectivity index (χ2n) is 8.74. The molecule has 1 aliphatic rings. The molecule has 2 atom stereocenters. The van der Waals surface area contributed by atoms with E-state index in [1.54, 1.807) is 23.2 Å². The van der Waals surface area contributed by atoms with Crippen LogP contribution in [0, 0.1) is 5.92 Å². The number of imidazole rings is 1. The second-order valence-corrected chi connectivity index (χ2v) is 8.74. The van der Waals surface area contributed by atoms with E-state index in [0.717, 1.165) is 36.7 Å². The van der Waals surface area contributed by atoms with E-state index in [1.807, 2.05) is 13.0 Å². The van der Waals surface area contributed by atoms with E-state index in [2.05, 4.69) is 17.2 Å². The molecule has 1 aliphatic carbocycles. The van der Waals surface area contributed by atoms with Gasteiger partial charge < -0.3 is 14.3 Å². The number of fused-ring (bicyclic) bond motifs is 1. The molecule has 0 saturated heterocycles. The third-order valence-corrected chi connectivity index (χ3v) is 6.38. The lowest BCUT2D eigenvalue weighted by Crippen LogP contribution is -2.47. The number of furan rings is 1. The fraction of sp³-hybridized carbons (Fsp3) is 0.565. The third kappa shape index (κ3) is 4.42. The van der Waals surface area contributed by atoms with Gasteiger partial charge in [0.1, 0.15) is 12.3 Å². The monoisotopic (exact) mass is 441 g/mol. The molecule has 3 aromatic rings. The topological polar surface area (TPSA) is 104 Å². The summed E-state index contributed by atoms with van der Waals surface area (Å²) in [4.78, 5) is 43.7. The van der Waals surface area contributed by atoms with Gasteiger partial charge in [0, 0.05) is 12.6 Å². The van der Waals surface area contributed by atoms with Crippen molar-refractivity contribution in [1.82, 2.24) is 24.0 Å². The molecular formula is C23H31N5O4. The number of hydrogen-bond donors (Lipinski definition) is 1. The molecular weight excluding hydrogens is 410 g/mol. The molecule has 0 bridgehead atoms. The Hall–Kier alpha value is -3.10. The van der Waals surface area contributed by atoms with Crippen molar-refractivity contribution >= 4 is 17.1 Å². The van der Waals surface area contributed by atoms with Crippen LogP contribution in [0.5, 0.6) is 0 Å². The highest BCUT2D eigenvalue weighted by Crippen LogP contribution is 2.23. The number of aryl methyl sites for hydroxylation is 1. The van der Waals surface area contributed by atoms with E-state index in [9.17, 15) is 14.4 Å². The van der Waals surface area contributed by atoms with Crippen molar-refractivity contribution in [3.05, 3.63) is 51.3 Å². The molecule has 0 spiro atoms. The summed E-state index contributed by atoms with van der Waals surface area (Å²) in [6, 6.07) is 3.68. The van der Waals surface area contributed by atoms with Gasteiger partial charge in [-0.15, -0.1) is 0 Å². The van der Waals surface area contributed by atoms with Gasteiger partial charge in [-0.1, -0.05) is 33.1 Å². The zero-order valence-corrected chi connectivity index (χ0v) is 18.7. The van der Waals surface area contributed by atoms with Crippen molar-refractivity contribution in [1.29, 1.82) is 0 Å². The number of carbonyl (C=O) groups is 1. The molecule has 0 unspecified atom stereocenters. The van der Waals surface area contributed by atoms with E-state index < -0.39 is 11.2 Å². The fourth-order valence-electron chi connectivity index (χ4n) is 4.51. The van der Waals surface area contributed by atoms with E-state index in [4.69, 9.17) is 4.42 Å². The van der Waals surface area contributed by atoms with Gasteiger partial charge in [0.15, 0.2) is 11.2 Å². The fourth-order valence-corrected chi connectivity index (χ4v) is 4.51. The number of rotatable bonds is 8. The van der Waals surface area contributed by atoms with Gasteiger partial charge in [-0.2, -0.15) is 0 Å². The minimum atomic E-state index is -0.506. The van der Waals surface area contributed by atoms with Crippen molar-refractivity contribution in [3.8, 4) is 0 Å². The van der Waals surface area contributed by atoms with Crippen LogP contribution in [-0.2, 0) is 24.4 Å². The van der Waals surface area contributed by atoms with E-state index in [1.165, 1.54) is 11.0 Å². The summed E-state index contributed by atoms with van der Waals surface area (Å²) < 4.78 is 9.64. The van der Waals surface area contributed by atoms with Gasteiger partial charge in [-0.3, -0.25) is 14.2 Å². The standard InChI is InChI=1S/C23H31N5O4/c1-3-4-11-27-21-20(26(15-24-21)13-17-9-7-12-32-17)22(30)28(23(27)31)14-19(29)25-18-10-6-5-8-16(18)2/h7,9,12,15-16,18H,3-6,8,10-11,13-14H2,1-2H3,(H,25,29)/t16-,18+/m0/s1. The zero-order valence-electron chi connectivity index (χ0n) is 18.7. The maximum Gasteiger partial charge on any atom is 0.333 e. The first-order chi connectivity index (χ1) is 15.5. The van der Waals surface area contributed by atoms with Crippen LogP contribution in [0.4, 0.5) is 0 Å². The van der Waals surface area contributed by atoms with Gasteiger partial charge in [-0.25, -0.2) is 14.3 Å². The predicted molar refractivity (Wildman–Crippen MR) is 121 cm³/mol. The summed E-state index contributed by atoms with van der Waals surface area (Å²) in [5.74, 6) is 0.759. The lowest BCUT2D eigenvalue weighted by molar-refractivity contribution is -0.123. The average molecular weight is 442 g/mol. The first kappa shape index (κ1) is 22.1. The summed E-state index contributed by atoms with van der Waals surface area (Å²) in [6.45, 7) is 4.62. The highest BCUT2D eigenvalue weighted by Gasteiger charge is 2.24. The molecule has 9 heteroatoms. The smallest absolute Gasteiger partial charge is 0.333 e. The number of nitrogens with zero attached hydrogens (tertiary/aromatic N) is 4. The molecule has 4 rings (SSSR count). The second kappa shape index (κ2) is 9.58. The summed E-state index contributed by atoms with van der Waals surface area (Å²) in [6.07, 6.45) is 9.03. The van der Waals surface area contributed by atoms with Gasteiger partial charge in [0.25, 0.3) is 5.56 Å². The van der Waals surface area contributed by atoms with Crippen LogP contribution in [0.3, 0.4) is 0 Å². The zero-order chi connectivity index (χ0) is 22.7. The molecule has 3 heterocycles. The molecule has 32 heavy (non-hydrogen) atoms. The van der Waals surface area contributed by atoms with E-state index in [0.29, 0.717) is 35.9 Å². The van der Waals surface area contributed by atoms with Gasteiger partial charge in [0.05, 0.1) is 19.1 Å². The van der Waals surface area contributed by atoms with Crippen LogP contribution in [0.1, 0.15) is 58.1 Å². The highest BCUT2D eigenvalue weighted by atomic mass is 16.3. The first-order valence-electron chi connectivity index (χ1n) is 11.5. The number of aromatic nitrogens is 4. The van der Waals surface area contributed by atoms with Crippen LogP contribution in [0.2, 0.25) is 0 Å². The van der Waals surface area contributed by atoms with Crippen LogP contribution >= 0.6 is 0 Å². The number of amides is 1. The van der Waals surface area contributed by atoms with E-state index in [-0.39, 0.29) is 18.5 Å². The Kier molecular flexibility index (Phi) is 6.62. The van der Waals surface area contributed by atoms with Crippen molar-refractivity contribution in [2.75, 3.05) is 0 Å². The van der Waals surface area contributed by atoms with Crippen molar-refractivity contribution in [2.45, 2.75) is 78.0 Å². The first-order valence-corrected chi connectivity index (χ1v) is 11.5. The van der Waals surface area contributed by atoms with Crippen LogP contribution < -0.4 is 16.6 Å². The SMILES string of the molecule is CCCCn1c(=O)n(CC(=O)N[C@@H]2CCCC[C@@H]2C)c(=O)c2c1ncn2Cc1ccco1. The molecule has 1 fully saturated rings. The van der Waals surface area contributed by atoms with E-state index >= 15 is 0 Å². The predicted octanol–water partition coefficient (Wildman–Crippen LogP) is 2.50. The number of hydrogen-bond acceptors (Lipinski definition) is 5. The maximum atomic E-state index is 13.4. The van der Waals surface area contributed by atoms with Crippen molar-refractivity contribution in [3.63, 3.8) is 0 Å². The molecule has 0 aromatic carbocycles. The van der Waals surface area contributed by atoms with Crippen molar-refractivity contribution in [2.24, 2.45) is 5.92 Å². The largest absolute Gasteiger partial charge is 0.467 e. The lowest BCUT2D eigenvalue weighted by Gasteiger charge is -2.29. The molecule has 1 saturated carbocycles. The molecule has 172 valence electrons. The molecule has 1 amide bonds. The van der Waals surface area contributed by atoms with Gasteiger partial charge >= 0.3 is 5.69 Å². The Morgan fingerprint density at radius 3 is 2.78 bits per heavy atom. The quantitative estimate of drug-likeness (QED) is 0.578. The Morgan fingerprint density at radius 2 is 2.06 bits per heavy atom. The summed E-state index contributed by atoms with van der Waals surface area (Å²) >= 11 is 0. The normalized spacial score (nSPS) is 18.8.